The van der Waals surface area contributed by atoms with Crippen LogP contribution in [0.15, 0.2) is 16.6 Å². The smallest absolute Gasteiger partial charge is 0.327 e. The van der Waals surface area contributed by atoms with Crippen LogP contribution in [0.5, 0.6) is 5.75 Å². The summed E-state index contributed by atoms with van der Waals surface area (Å²) in [6.45, 7) is 0. The van der Waals surface area contributed by atoms with Gasteiger partial charge in [-0.2, -0.15) is 0 Å². The summed E-state index contributed by atoms with van der Waals surface area (Å²) in [5, 5.41) is 9.35. The second-order valence-corrected chi connectivity index (χ2v) is 3.74. The molecule has 0 aromatic heterocycles. The van der Waals surface area contributed by atoms with E-state index in [2.05, 4.69) is 20.7 Å². The highest BCUT2D eigenvalue weighted by molar-refractivity contribution is 9.10. The first-order valence-electron chi connectivity index (χ1n) is 3.98. The zero-order valence-corrected chi connectivity index (χ0v) is 9.42. The number of rotatable bonds is 2. The normalized spacial score (nSPS) is 12.3. The molecule has 0 radical (unpaired) electrons. The van der Waals surface area contributed by atoms with Crippen LogP contribution in [0.25, 0.3) is 0 Å². The molecule has 0 saturated heterocycles. The molecule has 0 spiro atoms. The highest BCUT2D eigenvalue weighted by Crippen LogP contribution is 2.30. The Morgan fingerprint density at radius 1 is 1.67 bits per heavy atom. The summed E-state index contributed by atoms with van der Waals surface area (Å²) in [5.41, 5.74) is 5.45. The van der Waals surface area contributed by atoms with E-state index >= 15 is 0 Å². The number of esters is 1. The standard InChI is InChI=1S/C9H9BrFNO3/c1-15-9(14)7(12)5-2-4(10)3-6(11)8(5)13/h2-3,7,13H,12H2,1H3/t7-/m1/s1. The van der Waals surface area contributed by atoms with E-state index in [1.165, 1.54) is 6.07 Å². The molecular weight excluding hydrogens is 269 g/mol. The number of nitrogens with two attached hydrogens (primary N) is 1. The molecule has 0 aliphatic heterocycles. The Hall–Kier alpha value is -1.14. The Kier molecular flexibility index (Phi) is 3.65. The van der Waals surface area contributed by atoms with Crippen molar-refractivity contribution in [1.29, 1.82) is 0 Å². The van der Waals surface area contributed by atoms with Crippen molar-refractivity contribution in [3.63, 3.8) is 0 Å². The first-order valence-corrected chi connectivity index (χ1v) is 4.78. The van der Waals surface area contributed by atoms with Gasteiger partial charge in [0.1, 0.15) is 6.04 Å². The van der Waals surface area contributed by atoms with Crippen molar-refractivity contribution in [3.8, 4) is 5.75 Å². The van der Waals surface area contributed by atoms with Gasteiger partial charge in [-0.1, -0.05) is 15.9 Å². The zero-order valence-electron chi connectivity index (χ0n) is 7.83. The van der Waals surface area contributed by atoms with E-state index < -0.39 is 23.6 Å². The monoisotopic (exact) mass is 277 g/mol. The molecule has 15 heavy (non-hydrogen) atoms. The molecule has 0 bridgehead atoms. The fraction of sp³-hybridized carbons (Fsp3) is 0.222. The number of carbonyl (C=O) groups is 1. The van der Waals surface area contributed by atoms with Gasteiger partial charge in [-0.05, 0) is 12.1 Å². The van der Waals surface area contributed by atoms with Crippen molar-refractivity contribution in [1.82, 2.24) is 0 Å². The fourth-order valence-electron chi connectivity index (χ4n) is 1.08. The minimum absolute atomic E-state index is 0.0197. The number of carbonyl (C=O) groups excluding carboxylic acids is 1. The summed E-state index contributed by atoms with van der Waals surface area (Å²) < 4.78 is 17.9. The summed E-state index contributed by atoms with van der Waals surface area (Å²) in [5.74, 6) is -2.24. The summed E-state index contributed by atoms with van der Waals surface area (Å²) in [6, 6.07) is 1.23. The van der Waals surface area contributed by atoms with Gasteiger partial charge in [-0.3, -0.25) is 4.79 Å². The van der Waals surface area contributed by atoms with Gasteiger partial charge in [-0.25, -0.2) is 4.39 Å². The van der Waals surface area contributed by atoms with E-state index in [9.17, 15) is 14.3 Å². The van der Waals surface area contributed by atoms with Crippen molar-refractivity contribution in [2.75, 3.05) is 7.11 Å². The van der Waals surface area contributed by atoms with Gasteiger partial charge in [0.05, 0.1) is 7.11 Å². The highest BCUT2D eigenvalue weighted by atomic mass is 79.9. The van der Waals surface area contributed by atoms with Gasteiger partial charge >= 0.3 is 5.97 Å². The molecule has 4 nitrogen and oxygen atoms in total. The van der Waals surface area contributed by atoms with E-state index in [1.54, 1.807) is 0 Å². The number of phenolic OH excluding ortho intramolecular Hbond substituents is 1. The molecule has 82 valence electrons. The van der Waals surface area contributed by atoms with Crippen molar-refractivity contribution in [2.24, 2.45) is 5.73 Å². The lowest BCUT2D eigenvalue weighted by atomic mass is 10.1. The highest BCUT2D eigenvalue weighted by Gasteiger charge is 2.22. The fourth-order valence-corrected chi connectivity index (χ4v) is 1.52. The van der Waals surface area contributed by atoms with Gasteiger partial charge < -0.3 is 15.6 Å². The third kappa shape index (κ3) is 2.45. The van der Waals surface area contributed by atoms with E-state index in [4.69, 9.17) is 5.73 Å². The molecule has 0 fully saturated rings. The maximum Gasteiger partial charge on any atom is 0.327 e. The molecule has 0 saturated carbocycles. The minimum atomic E-state index is -1.21. The number of aromatic hydroxyl groups is 1. The van der Waals surface area contributed by atoms with Crippen LogP contribution in [0.3, 0.4) is 0 Å². The van der Waals surface area contributed by atoms with Gasteiger partial charge in [0.2, 0.25) is 0 Å². The quantitative estimate of drug-likeness (QED) is 0.803. The number of methoxy groups -OCH3 is 1. The average molecular weight is 278 g/mol. The van der Waals surface area contributed by atoms with Gasteiger partial charge in [-0.15, -0.1) is 0 Å². The third-order valence-electron chi connectivity index (χ3n) is 1.85. The zero-order chi connectivity index (χ0) is 11.6. The Morgan fingerprint density at radius 3 is 2.80 bits per heavy atom. The lowest BCUT2D eigenvalue weighted by molar-refractivity contribution is -0.142. The second-order valence-electron chi connectivity index (χ2n) is 2.83. The number of halogens is 2. The lowest BCUT2D eigenvalue weighted by Gasteiger charge is -2.12. The van der Waals surface area contributed by atoms with Crippen molar-refractivity contribution < 1.29 is 19.0 Å². The second kappa shape index (κ2) is 4.59. The maximum atomic E-state index is 13.1. The van der Waals surface area contributed by atoms with E-state index in [1.807, 2.05) is 0 Å². The number of benzene rings is 1. The van der Waals surface area contributed by atoms with E-state index in [0.717, 1.165) is 13.2 Å². The molecule has 3 N–H and O–H groups in total. The van der Waals surface area contributed by atoms with Crippen LogP contribution in [0.4, 0.5) is 4.39 Å². The lowest BCUT2D eigenvalue weighted by Crippen LogP contribution is -2.22. The largest absolute Gasteiger partial charge is 0.505 e. The van der Waals surface area contributed by atoms with Gasteiger partial charge in [0, 0.05) is 10.0 Å². The third-order valence-corrected chi connectivity index (χ3v) is 2.31. The Morgan fingerprint density at radius 2 is 2.27 bits per heavy atom. The first-order chi connectivity index (χ1) is 6.97. The number of phenols is 1. The van der Waals surface area contributed by atoms with E-state index in [0.29, 0.717) is 4.47 Å². The molecule has 1 atom stereocenters. The number of hydrogen-bond donors (Lipinski definition) is 2. The van der Waals surface area contributed by atoms with Crippen molar-refractivity contribution in [2.45, 2.75) is 6.04 Å². The van der Waals surface area contributed by atoms with Crippen LogP contribution < -0.4 is 5.73 Å². The van der Waals surface area contributed by atoms with Crippen LogP contribution >= 0.6 is 15.9 Å². The first kappa shape index (κ1) is 11.9. The van der Waals surface area contributed by atoms with Gasteiger partial charge in [0.15, 0.2) is 11.6 Å². The van der Waals surface area contributed by atoms with Crippen LogP contribution in [0.1, 0.15) is 11.6 Å². The predicted molar refractivity (Wildman–Crippen MR) is 54.7 cm³/mol. The molecule has 6 heteroatoms. The molecule has 0 amide bonds. The summed E-state index contributed by atoms with van der Waals surface area (Å²) in [6.07, 6.45) is 0. The molecule has 0 unspecified atom stereocenters. The van der Waals surface area contributed by atoms with Crippen LogP contribution in [0, 0.1) is 5.82 Å². The topological polar surface area (TPSA) is 72.5 Å². The number of ether oxygens (including phenoxy) is 1. The summed E-state index contributed by atoms with van der Waals surface area (Å²) in [4.78, 5) is 11.1. The Bertz CT molecular complexity index is 397. The van der Waals surface area contributed by atoms with Crippen LogP contribution in [-0.2, 0) is 9.53 Å². The molecule has 1 aromatic rings. The van der Waals surface area contributed by atoms with E-state index in [-0.39, 0.29) is 5.56 Å². The van der Waals surface area contributed by atoms with Gasteiger partial charge in [0.25, 0.3) is 0 Å². The maximum absolute atomic E-state index is 13.1. The average Bonchev–Trinajstić information content (AvgIpc) is 2.21. The Labute approximate surface area is 94.0 Å². The van der Waals surface area contributed by atoms with Crippen LogP contribution in [0.2, 0.25) is 0 Å². The number of hydrogen-bond acceptors (Lipinski definition) is 4. The molecule has 1 rings (SSSR count). The minimum Gasteiger partial charge on any atom is -0.505 e. The molecule has 0 aliphatic carbocycles. The Balaban J connectivity index is 3.19. The summed E-state index contributed by atoms with van der Waals surface area (Å²) in [7, 11) is 1.16. The molecule has 1 aromatic carbocycles. The SMILES string of the molecule is COC(=O)[C@H](N)c1cc(Br)cc(F)c1O. The molecular formula is C9H9BrFNO3. The van der Waals surface area contributed by atoms with Crippen molar-refractivity contribution >= 4 is 21.9 Å². The van der Waals surface area contributed by atoms with Crippen LogP contribution in [-0.4, -0.2) is 18.2 Å². The van der Waals surface area contributed by atoms with Crippen molar-refractivity contribution in [3.05, 3.63) is 28.0 Å². The molecule has 0 heterocycles. The summed E-state index contributed by atoms with van der Waals surface area (Å²) >= 11 is 3.03. The predicted octanol–water partition coefficient (Wildman–Crippen LogP) is 1.47. The molecule has 0 aliphatic rings.